The van der Waals surface area contributed by atoms with Crippen LogP contribution in [0.25, 0.3) is 0 Å². The lowest BCUT2D eigenvalue weighted by Crippen LogP contribution is -2.40. The molecule has 0 bridgehead atoms. The molecule has 3 heterocycles. The largest absolute Gasteiger partial charge is 0.330 e. The van der Waals surface area contributed by atoms with Crippen molar-refractivity contribution in [2.24, 2.45) is 0 Å². The van der Waals surface area contributed by atoms with E-state index in [1.54, 1.807) is 34.4 Å². The highest BCUT2D eigenvalue weighted by Gasteiger charge is 2.33. The molecule has 0 fully saturated rings. The van der Waals surface area contributed by atoms with E-state index in [4.69, 9.17) is 5.26 Å². The first-order valence-electron chi connectivity index (χ1n) is 8.72. The molecule has 6 heteroatoms. The van der Waals surface area contributed by atoms with Crippen LogP contribution < -0.4 is 0 Å². The first-order valence-corrected chi connectivity index (χ1v) is 11.6. The van der Waals surface area contributed by atoms with E-state index in [1.807, 2.05) is 29.2 Å². The molecule has 4 rings (SSSR count). The van der Waals surface area contributed by atoms with Gasteiger partial charge in [0.05, 0.1) is 23.4 Å². The number of hydrogen-bond acceptors (Lipinski definition) is 5. The number of thiophene rings is 2. The monoisotopic (exact) mass is 410 g/mol. The van der Waals surface area contributed by atoms with Crippen LogP contribution in [0.4, 0.5) is 0 Å². The zero-order valence-corrected chi connectivity index (χ0v) is 17.1. The fourth-order valence-corrected chi connectivity index (χ4v) is 5.98. The quantitative estimate of drug-likeness (QED) is 0.588. The van der Waals surface area contributed by atoms with E-state index in [0.29, 0.717) is 11.3 Å². The summed E-state index contributed by atoms with van der Waals surface area (Å²) < 4.78 is 0. The molecule has 0 spiro atoms. The van der Waals surface area contributed by atoms with Gasteiger partial charge in [0.15, 0.2) is 0 Å². The summed E-state index contributed by atoms with van der Waals surface area (Å²) in [5.41, 5.74) is 3.10. The van der Waals surface area contributed by atoms with Gasteiger partial charge in [0.25, 0.3) is 0 Å². The first-order chi connectivity index (χ1) is 13.3. The number of benzene rings is 1. The Morgan fingerprint density at radius 2 is 2.04 bits per heavy atom. The van der Waals surface area contributed by atoms with Crippen molar-refractivity contribution < 1.29 is 4.79 Å². The Bertz CT molecular complexity index is 954. The molecule has 136 valence electrons. The number of carbonyl (C=O) groups is 1. The Labute approximate surface area is 171 Å². The molecule has 3 nitrogen and oxygen atoms in total. The molecule has 1 aliphatic heterocycles. The molecule has 0 aliphatic carbocycles. The van der Waals surface area contributed by atoms with Crippen molar-refractivity contribution in [2.75, 3.05) is 12.3 Å². The average molecular weight is 411 g/mol. The van der Waals surface area contributed by atoms with Gasteiger partial charge in [0.1, 0.15) is 0 Å². The minimum Gasteiger partial charge on any atom is -0.330 e. The Kier molecular flexibility index (Phi) is 5.63. The lowest BCUT2D eigenvalue weighted by Gasteiger charge is -2.35. The van der Waals surface area contributed by atoms with E-state index < -0.39 is 0 Å². The number of rotatable bonds is 5. The van der Waals surface area contributed by atoms with Crippen LogP contribution in [-0.2, 0) is 17.0 Å². The minimum atomic E-state index is 0.0583. The van der Waals surface area contributed by atoms with E-state index in [2.05, 4.69) is 35.0 Å². The van der Waals surface area contributed by atoms with E-state index in [-0.39, 0.29) is 11.9 Å². The van der Waals surface area contributed by atoms with Crippen LogP contribution in [0.3, 0.4) is 0 Å². The fourth-order valence-electron chi connectivity index (χ4n) is 3.35. The average Bonchev–Trinajstić information content (AvgIpc) is 3.39. The van der Waals surface area contributed by atoms with Crippen molar-refractivity contribution in [1.82, 2.24) is 4.90 Å². The molecule has 2 aromatic heterocycles. The number of nitrogens with zero attached hydrogens (tertiary/aromatic N) is 2. The third kappa shape index (κ3) is 3.96. The molecule has 0 radical (unpaired) electrons. The van der Waals surface area contributed by atoms with Crippen molar-refractivity contribution >= 4 is 40.3 Å². The number of hydrogen-bond donors (Lipinski definition) is 0. The molecule has 1 aliphatic rings. The normalized spacial score (nSPS) is 16.0. The maximum Gasteiger partial charge on any atom is 0.233 e. The maximum absolute atomic E-state index is 13.0. The van der Waals surface area contributed by atoms with Crippen molar-refractivity contribution in [2.45, 2.75) is 18.2 Å². The summed E-state index contributed by atoms with van der Waals surface area (Å²) in [7, 11) is 0. The van der Waals surface area contributed by atoms with Crippen LogP contribution >= 0.6 is 34.4 Å². The van der Waals surface area contributed by atoms with Crippen molar-refractivity contribution in [3.63, 3.8) is 0 Å². The van der Waals surface area contributed by atoms with Crippen molar-refractivity contribution in [3.05, 3.63) is 79.7 Å². The van der Waals surface area contributed by atoms with Gasteiger partial charge >= 0.3 is 0 Å². The fraction of sp³-hybridized carbons (Fsp3) is 0.238. The number of carbonyl (C=O) groups excluding carboxylic acids is 1. The predicted octanol–water partition coefficient (Wildman–Crippen LogP) is 5.09. The third-order valence-corrected chi connectivity index (χ3v) is 7.59. The number of nitriles is 1. The predicted molar refractivity (Wildman–Crippen MR) is 113 cm³/mol. The molecule has 1 atom stereocenters. The topological polar surface area (TPSA) is 44.1 Å². The number of fused-ring (bicyclic) bond motifs is 1. The molecule has 1 aromatic carbocycles. The third-order valence-electron chi connectivity index (χ3n) is 4.68. The summed E-state index contributed by atoms with van der Waals surface area (Å²) in [5.74, 6) is 1.45. The summed E-state index contributed by atoms with van der Waals surface area (Å²) in [5, 5.41) is 13.1. The van der Waals surface area contributed by atoms with E-state index in [1.165, 1.54) is 15.3 Å². The van der Waals surface area contributed by atoms with Crippen LogP contribution in [0.15, 0.2) is 53.2 Å². The van der Waals surface area contributed by atoms with Crippen LogP contribution in [0.1, 0.15) is 32.5 Å². The number of thioether (sulfide) groups is 1. The van der Waals surface area contributed by atoms with E-state index in [9.17, 15) is 4.79 Å². The van der Waals surface area contributed by atoms with Gasteiger partial charge in [-0.2, -0.15) is 5.26 Å². The first kappa shape index (κ1) is 18.3. The molecule has 0 N–H and O–H groups in total. The Morgan fingerprint density at radius 1 is 1.19 bits per heavy atom. The second-order valence-electron chi connectivity index (χ2n) is 6.36. The maximum atomic E-state index is 13.0. The van der Waals surface area contributed by atoms with Crippen LogP contribution in [0.2, 0.25) is 0 Å². The molecule has 0 saturated heterocycles. The minimum absolute atomic E-state index is 0.0583. The van der Waals surface area contributed by atoms with Gasteiger partial charge in [-0.05, 0) is 52.6 Å². The van der Waals surface area contributed by atoms with E-state index >= 15 is 0 Å². The van der Waals surface area contributed by atoms with Gasteiger partial charge in [-0.25, -0.2) is 0 Å². The molecule has 0 saturated carbocycles. The molecule has 3 aromatic rings. The molecular formula is C21H18N2OS3. The standard InChI is InChI=1S/C21H18N2OS3/c22-12-15-3-5-16(6-4-15)13-25-14-20(24)23-9-7-18-17(8-11-27-18)21(23)19-2-1-10-26-19/h1-6,8,10-11,21H,7,9,13-14H2/t21-/m1/s1. The van der Waals surface area contributed by atoms with Gasteiger partial charge in [-0.1, -0.05) is 18.2 Å². The second-order valence-corrected chi connectivity index (χ2v) is 9.32. The Morgan fingerprint density at radius 3 is 2.78 bits per heavy atom. The lowest BCUT2D eigenvalue weighted by molar-refractivity contribution is -0.130. The highest BCUT2D eigenvalue weighted by molar-refractivity contribution is 7.99. The molecule has 27 heavy (non-hydrogen) atoms. The zero-order valence-electron chi connectivity index (χ0n) is 14.6. The number of amides is 1. The van der Waals surface area contributed by atoms with Gasteiger partial charge < -0.3 is 4.90 Å². The van der Waals surface area contributed by atoms with Crippen LogP contribution in [0, 0.1) is 11.3 Å². The van der Waals surface area contributed by atoms with Crippen molar-refractivity contribution in [1.29, 1.82) is 5.26 Å². The second kappa shape index (κ2) is 8.30. The van der Waals surface area contributed by atoms with Gasteiger partial charge in [0, 0.05) is 22.1 Å². The Hall–Kier alpha value is -2.07. The lowest BCUT2D eigenvalue weighted by atomic mass is 9.98. The summed E-state index contributed by atoms with van der Waals surface area (Å²) in [6.07, 6.45) is 0.945. The van der Waals surface area contributed by atoms with Crippen LogP contribution in [-0.4, -0.2) is 23.1 Å². The Balaban J connectivity index is 1.43. The SMILES string of the molecule is N#Cc1ccc(CSCC(=O)N2CCc3sccc3[C@@H]2c2cccs2)cc1. The molecule has 0 unspecified atom stereocenters. The summed E-state index contributed by atoms with van der Waals surface area (Å²) in [6, 6.07) is 16.1. The summed E-state index contributed by atoms with van der Waals surface area (Å²) in [6.45, 7) is 0.784. The zero-order chi connectivity index (χ0) is 18.6. The van der Waals surface area contributed by atoms with E-state index in [0.717, 1.165) is 24.3 Å². The summed E-state index contributed by atoms with van der Waals surface area (Å²) in [4.78, 5) is 17.7. The van der Waals surface area contributed by atoms with Gasteiger partial charge in [-0.3, -0.25) is 4.79 Å². The highest BCUT2D eigenvalue weighted by Crippen LogP contribution is 2.39. The highest BCUT2D eigenvalue weighted by atomic mass is 32.2. The smallest absolute Gasteiger partial charge is 0.233 e. The van der Waals surface area contributed by atoms with Crippen LogP contribution in [0.5, 0.6) is 0 Å². The summed E-state index contributed by atoms with van der Waals surface area (Å²) >= 11 is 5.15. The van der Waals surface area contributed by atoms with Crippen molar-refractivity contribution in [3.8, 4) is 6.07 Å². The molecule has 1 amide bonds. The van der Waals surface area contributed by atoms with Gasteiger partial charge in [0.2, 0.25) is 5.91 Å². The molecular weight excluding hydrogens is 392 g/mol. The van der Waals surface area contributed by atoms with Gasteiger partial charge in [-0.15, -0.1) is 34.4 Å².